The summed E-state index contributed by atoms with van der Waals surface area (Å²) in [6.07, 6.45) is 3.43. The summed E-state index contributed by atoms with van der Waals surface area (Å²) in [6.45, 7) is 0. The van der Waals surface area contributed by atoms with Crippen molar-refractivity contribution in [3.8, 4) is 5.69 Å². The van der Waals surface area contributed by atoms with E-state index >= 15 is 0 Å². The fourth-order valence-electron chi connectivity index (χ4n) is 1.27. The Balaban J connectivity index is 0.00000112. The molecule has 1 heterocycles. The summed E-state index contributed by atoms with van der Waals surface area (Å²) in [4.78, 5) is 0. The maximum absolute atomic E-state index is 13.3. The van der Waals surface area contributed by atoms with Crippen LogP contribution in [0.3, 0.4) is 0 Å². The van der Waals surface area contributed by atoms with Crippen LogP contribution >= 0.6 is 0 Å². The van der Waals surface area contributed by atoms with Crippen molar-refractivity contribution in [3.63, 3.8) is 0 Å². The smallest absolute Gasteiger partial charge is 0.195 e. The molecule has 0 fully saturated rings. The molecule has 5 heteroatoms. The Morgan fingerprint density at radius 1 is 1.40 bits per heavy atom. The molecule has 2 nitrogen and oxygen atoms in total. The maximum Gasteiger partial charge on any atom is 0.195 e. The van der Waals surface area contributed by atoms with Crippen LogP contribution in [0.2, 0.25) is 0 Å². The van der Waals surface area contributed by atoms with Gasteiger partial charge in [-0.15, -0.1) is 22.9 Å². The molecule has 15 heavy (non-hydrogen) atoms. The van der Waals surface area contributed by atoms with E-state index < -0.39 is 11.6 Å². The summed E-state index contributed by atoms with van der Waals surface area (Å²) >= 11 is 0. The monoisotopic (exact) mass is 387 g/mol. The van der Waals surface area contributed by atoms with Gasteiger partial charge in [0.2, 0.25) is 0 Å². The summed E-state index contributed by atoms with van der Waals surface area (Å²) < 4.78 is 29.1. The van der Waals surface area contributed by atoms with Crippen molar-refractivity contribution >= 4 is 0 Å². The largest absolute Gasteiger partial charge is 0.284 e. The molecule has 0 aliphatic heterocycles. The summed E-state index contributed by atoms with van der Waals surface area (Å²) in [5, 5.41) is 0. The average Bonchev–Trinajstić information content (AvgIpc) is 2.52. The van der Waals surface area contributed by atoms with Crippen molar-refractivity contribution in [3.05, 3.63) is 48.3 Å². The number of halogens is 2. The molecule has 0 atom stereocenters. The van der Waals surface area contributed by atoms with Crippen molar-refractivity contribution < 1.29 is 33.6 Å². The van der Waals surface area contributed by atoms with E-state index in [1.807, 2.05) is 0 Å². The van der Waals surface area contributed by atoms with Crippen molar-refractivity contribution in [1.29, 1.82) is 0 Å². The normalized spacial score (nSPS) is 9.80. The van der Waals surface area contributed by atoms with E-state index in [0.29, 0.717) is 0 Å². The molecule has 81 valence electrons. The number of rotatable bonds is 1. The molecule has 2 aromatic rings. The second-order valence-electron chi connectivity index (χ2n) is 2.92. The van der Waals surface area contributed by atoms with Crippen LogP contribution in [0.5, 0.6) is 0 Å². The average molecular weight is 386 g/mol. The quantitative estimate of drug-likeness (QED) is 0.517. The second kappa shape index (κ2) is 4.64. The zero-order valence-corrected chi connectivity index (χ0v) is 10.3. The minimum atomic E-state index is -0.628. The number of aromatic nitrogens is 2. The van der Waals surface area contributed by atoms with Crippen LogP contribution < -0.4 is 4.68 Å². The van der Waals surface area contributed by atoms with Gasteiger partial charge in [0.25, 0.3) is 0 Å². The minimum Gasteiger partial charge on any atom is -0.284 e. The first-order chi connectivity index (χ1) is 6.68. The van der Waals surface area contributed by atoms with E-state index in [2.05, 4.69) is 6.07 Å². The molecule has 2 rings (SSSR count). The molecule has 1 aromatic heterocycles. The van der Waals surface area contributed by atoms with Crippen LogP contribution in [0, 0.1) is 17.7 Å². The van der Waals surface area contributed by atoms with Gasteiger partial charge in [0.15, 0.2) is 13.2 Å². The third-order valence-electron chi connectivity index (χ3n) is 1.94. The van der Waals surface area contributed by atoms with E-state index in [1.54, 1.807) is 30.2 Å². The van der Waals surface area contributed by atoms with Gasteiger partial charge in [0.1, 0.15) is 0 Å². The van der Waals surface area contributed by atoms with Gasteiger partial charge < -0.3 is 0 Å². The molecule has 1 aromatic carbocycles. The van der Waals surface area contributed by atoms with Crippen LogP contribution in [0.25, 0.3) is 5.69 Å². The number of hydrogen-bond acceptors (Lipinski definition) is 0. The van der Waals surface area contributed by atoms with Gasteiger partial charge in [0, 0.05) is 43.5 Å². The fourth-order valence-corrected chi connectivity index (χ4v) is 1.27. The first-order valence-electron chi connectivity index (χ1n) is 4.09. The molecular formula is C10H8F2IrN2. The van der Waals surface area contributed by atoms with Crippen molar-refractivity contribution in [1.82, 2.24) is 4.68 Å². The first kappa shape index (κ1) is 12.0. The maximum atomic E-state index is 13.3. The Hall–Kier alpha value is -1.06. The van der Waals surface area contributed by atoms with Crippen molar-refractivity contribution in [2.75, 3.05) is 0 Å². The third-order valence-corrected chi connectivity index (χ3v) is 1.94. The summed E-state index contributed by atoms with van der Waals surface area (Å²) in [5.74, 6) is -1.25. The minimum absolute atomic E-state index is 0. The predicted octanol–water partition coefficient (Wildman–Crippen LogP) is 1.38. The number of nitrogens with zero attached hydrogens (tertiary/aromatic N) is 2. The zero-order valence-electron chi connectivity index (χ0n) is 7.87. The Morgan fingerprint density at radius 2 is 2.13 bits per heavy atom. The molecule has 0 saturated heterocycles. The Kier molecular flexibility index (Phi) is 3.71. The van der Waals surface area contributed by atoms with E-state index in [9.17, 15) is 8.78 Å². The van der Waals surface area contributed by atoms with Crippen LogP contribution in [0.15, 0.2) is 30.6 Å². The van der Waals surface area contributed by atoms with Crippen LogP contribution in [-0.4, -0.2) is 4.68 Å². The van der Waals surface area contributed by atoms with Crippen LogP contribution in [-0.2, 0) is 27.2 Å². The zero-order chi connectivity index (χ0) is 10.1. The first-order valence-corrected chi connectivity index (χ1v) is 4.09. The SMILES string of the molecule is C[n+]1cccn1-c1[c-]cc(F)cc1F.[Ir]. The van der Waals surface area contributed by atoms with Gasteiger partial charge in [-0.05, 0) is 0 Å². The van der Waals surface area contributed by atoms with Gasteiger partial charge in [0.05, 0.1) is 6.20 Å². The Morgan fingerprint density at radius 3 is 2.67 bits per heavy atom. The molecule has 0 amide bonds. The molecule has 1 radical (unpaired) electrons. The number of benzene rings is 1. The van der Waals surface area contributed by atoms with Gasteiger partial charge >= 0.3 is 0 Å². The molecular weight excluding hydrogens is 378 g/mol. The van der Waals surface area contributed by atoms with Crippen LogP contribution in [0.4, 0.5) is 8.78 Å². The molecule has 0 aliphatic carbocycles. The van der Waals surface area contributed by atoms with E-state index in [1.165, 1.54) is 4.68 Å². The Labute approximate surface area is 99.5 Å². The Bertz CT molecular complexity index is 468. The fraction of sp³-hybridized carbons (Fsp3) is 0.100. The second-order valence-corrected chi connectivity index (χ2v) is 2.92. The van der Waals surface area contributed by atoms with Gasteiger partial charge in [-0.2, -0.15) is 4.68 Å². The molecule has 0 saturated carbocycles. The van der Waals surface area contributed by atoms with Crippen LogP contribution in [0.1, 0.15) is 0 Å². The van der Waals surface area contributed by atoms with E-state index in [0.717, 1.165) is 12.1 Å². The van der Waals surface area contributed by atoms with Crippen molar-refractivity contribution in [2.24, 2.45) is 7.05 Å². The predicted molar refractivity (Wildman–Crippen MR) is 45.7 cm³/mol. The summed E-state index contributed by atoms with van der Waals surface area (Å²) in [5.41, 5.74) is 0.207. The van der Waals surface area contributed by atoms with Gasteiger partial charge in [-0.1, -0.05) is 0 Å². The van der Waals surface area contributed by atoms with E-state index in [4.69, 9.17) is 0 Å². The van der Waals surface area contributed by atoms with Gasteiger partial charge in [-0.25, -0.2) is 0 Å². The molecule has 0 N–H and O–H groups in total. The standard InChI is InChI=1S/C10H8F2N2.Ir/c1-13-5-2-6-14(13)10-4-3-8(11)7-9(10)12;/h2-3,5-7H,1H3;. The van der Waals surface area contributed by atoms with Crippen molar-refractivity contribution in [2.45, 2.75) is 0 Å². The summed E-state index contributed by atoms with van der Waals surface area (Å²) in [6, 6.07) is 6.25. The molecule has 0 bridgehead atoms. The molecule has 0 aliphatic rings. The van der Waals surface area contributed by atoms with E-state index in [-0.39, 0.29) is 25.8 Å². The number of aryl methyl sites for hydroxylation is 1. The van der Waals surface area contributed by atoms with Gasteiger partial charge in [-0.3, -0.25) is 8.78 Å². The topological polar surface area (TPSA) is 8.81 Å². The molecule has 0 spiro atoms. The molecule has 0 unspecified atom stereocenters. The summed E-state index contributed by atoms with van der Waals surface area (Å²) in [7, 11) is 1.76. The number of hydrogen-bond donors (Lipinski definition) is 0. The third kappa shape index (κ3) is 2.30.